The summed E-state index contributed by atoms with van der Waals surface area (Å²) in [6.45, 7) is 6.29. The van der Waals surface area contributed by atoms with Gasteiger partial charge in [0.1, 0.15) is 0 Å². The maximum atomic E-state index is 12.6. The lowest BCUT2D eigenvalue weighted by molar-refractivity contribution is -0.115. The maximum Gasteiger partial charge on any atom is 0.224 e. The molecule has 1 fully saturated rings. The summed E-state index contributed by atoms with van der Waals surface area (Å²) in [5, 5.41) is 0.336. The van der Waals surface area contributed by atoms with Crippen LogP contribution in [0.1, 0.15) is 54.1 Å². The Balaban J connectivity index is 1.62. The van der Waals surface area contributed by atoms with E-state index in [-0.39, 0.29) is 11.0 Å². The minimum absolute atomic E-state index is 0.0437. The van der Waals surface area contributed by atoms with Gasteiger partial charge in [-0.05, 0) is 81.0 Å². The maximum absolute atomic E-state index is 12.6. The largest absolute Gasteiger partial charge is 0.287 e. The van der Waals surface area contributed by atoms with E-state index in [4.69, 9.17) is 0 Å². The van der Waals surface area contributed by atoms with Crippen LogP contribution in [0.15, 0.2) is 52.3 Å². The minimum atomic E-state index is 0.0437. The van der Waals surface area contributed by atoms with Crippen molar-refractivity contribution in [3.63, 3.8) is 0 Å². The number of carbonyl (C=O) groups is 2. The Morgan fingerprint density at radius 1 is 0.889 bits per heavy atom. The van der Waals surface area contributed by atoms with Crippen LogP contribution >= 0.6 is 23.5 Å². The van der Waals surface area contributed by atoms with E-state index in [1.54, 1.807) is 0 Å². The monoisotopic (exact) mass is 398 g/mol. The summed E-state index contributed by atoms with van der Waals surface area (Å²) < 4.78 is 0. The summed E-state index contributed by atoms with van der Waals surface area (Å²) in [4.78, 5) is 27.0. The number of thioether (sulfide) groups is 2. The second-order valence-electron chi connectivity index (χ2n) is 7.56. The molecule has 0 bridgehead atoms. The highest BCUT2D eigenvalue weighted by Crippen LogP contribution is 2.36. The molecule has 0 unspecified atom stereocenters. The molecule has 0 saturated heterocycles. The fourth-order valence-corrected chi connectivity index (χ4v) is 5.16. The first-order valence-corrected chi connectivity index (χ1v) is 11.2. The molecule has 3 rings (SSSR count). The van der Waals surface area contributed by atoms with Crippen molar-refractivity contribution in [1.29, 1.82) is 0 Å². The third-order valence-electron chi connectivity index (χ3n) is 5.20. The molecule has 0 radical (unpaired) electrons. The van der Waals surface area contributed by atoms with E-state index in [0.717, 1.165) is 52.5 Å². The van der Waals surface area contributed by atoms with Crippen LogP contribution in [0.4, 0.5) is 0 Å². The van der Waals surface area contributed by atoms with Crippen molar-refractivity contribution in [2.45, 2.75) is 56.2 Å². The molecule has 2 aromatic rings. The SMILES string of the molecule is Cc1ccc(C(=O)Sc2ccc(SC(=O)C3CCC(C)CC3)c(C)c2)cc1. The Labute approximate surface area is 170 Å². The van der Waals surface area contributed by atoms with Crippen LogP contribution in [0.2, 0.25) is 0 Å². The predicted molar refractivity (Wildman–Crippen MR) is 115 cm³/mol. The van der Waals surface area contributed by atoms with Crippen LogP contribution in [-0.4, -0.2) is 10.2 Å². The van der Waals surface area contributed by atoms with Crippen molar-refractivity contribution in [3.8, 4) is 0 Å². The van der Waals surface area contributed by atoms with Crippen LogP contribution in [0.3, 0.4) is 0 Å². The highest BCUT2D eigenvalue weighted by Gasteiger charge is 2.25. The zero-order chi connectivity index (χ0) is 19.4. The van der Waals surface area contributed by atoms with Gasteiger partial charge in [0.2, 0.25) is 5.12 Å². The quantitative estimate of drug-likeness (QED) is 0.538. The smallest absolute Gasteiger partial charge is 0.224 e. The molecular formula is C23H26O2S2. The van der Waals surface area contributed by atoms with Gasteiger partial charge in [0.15, 0.2) is 5.12 Å². The van der Waals surface area contributed by atoms with Crippen molar-refractivity contribution in [3.05, 3.63) is 59.2 Å². The van der Waals surface area contributed by atoms with E-state index in [1.165, 1.54) is 23.5 Å². The Morgan fingerprint density at radius 2 is 1.56 bits per heavy atom. The first-order valence-electron chi connectivity index (χ1n) is 9.53. The molecule has 0 aliphatic heterocycles. The Bertz CT molecular complexity index is 819. The first-order chi connectivity index (χ1) is 12.9. The molecule has 27 heavy (non-hydrogen) atoms. The summed E-state index contributed by atoms with van der Waals surface area (Å²) in [5.41, 5.74) is 2.91. The van der Waals surface area contributed by atoms with E-state index < -0.39 is 0 Å². The molecule has 0 heterocycles. The number of aryl methyl sites for hydroxylation is 2. The Kier molecular flexibility index (Phi) is 6.83. The van der Waals surface area contributed by atoms with Gasteiger partial charge in [-0.15, -0.1) is 0 Å². The Hall–Kier alpha value is -1.52. The molecule has 0 aromatic heterocycles. The van der Waals surface area contributed by atoms with Crippen molar-refractivity contribution in [2.24, 2.45) is 11.8 Å². The summed E-state index contributed by atoms with van der Waals surface area (Å²) in [6, 6.07) is 13.6. The highest BCUT2D eigenvalue weighted by atomic mass is 32.2. The van der Waals surface area contributed by atoms with Gasteiger partial charge in [-0.2, -0.15) is 0 Å². The molecular weight excluding hydrogens is 372 g/mol. The van der Waals surface area contributed by atoms with E-state index in [0.29, 0.717) is 10.7 Å². The van der Waals surface area contributed by atoms with Crippen LogP contribution in [-0.2, 0) is 4.79 Å². The van der Waals surface area contributed by atoms with E-state index in [9.17, 15) is 9.59 Å². The van der Waals surface area contributed by atoms with Crippen LogP contribution < -0.4 is 0 Å². The molecule has 0 spiro atoms. The van der Waals surface area contributed by atoms with Crippen molar-refractivity contribution >= 4 is 33.8 Å². The molecule has 2 aromatic carbocycles. The number of rotatable bonds is 4. The average Bonchev–Trinajstić information content (AvgIpc) is 2.65. The first kappa shape index (κ1) is 20.2. The zero-order valence-electron chi connectivity index (χ0n) is 16.2. The summed E-state index contributed by atoms with van der Waals surface area (Å²) >= 11 is 2.61. The number of carbonyl (C=O) groups excluding carboxylic acids is 2. The van der Waals surface area contributed by atoms with Gasteiger partial charge in [0, 0.05) is 21.3 Å². The van der Waals surface area contributed by atoms with Crippen molar-refractivity contribution in [2.75, 3.05) is 0 Å². The molecule has 0 atom stereocenters. The molecule has 1 aliphatic rings. The lowest BCUT2D eigenvalue weighted by Crippen LogP contribution is -2.18. The lowest BCUT2D eigenvalue weighted by atomic mass is 9.84. The van der Waals surface area contributed by atoms with Gasteiger partial charge < -0.3 is 0 Å². The minimum Gasteiger partial charge on any atom is -0.287 e. The second kappa shape index (κ2) is 9.11. The molecule has 1 saturated carbocycles. The fraction of sp³-hybridized carbons (Fsp3) is 0.391. The number of hydrogen-bond donors (Lipinski definition) is 0. The lowest BCUT2D eigenvalue weighted by Gasteiger charge is -2.24. The van der Waals surface area contributed by atoms with E-state index in [1.807, 2.05) is 56.3 Å². The Morgan fingerprint density at radius 3 is 2.19 bits per heavy atom. The molecule has 2 nitrogen and oxygen atoms in total. The normalized spacial score (nSPS) is 19.7. The van der Waals surface area contributed by atoms with E-state index >= 15 is 0 Å². The zero-order valence-corrected chi connectivity index (χ0v) is 17.8. The van der Waals surface area contributed by atoms with Gasteiger partial charge in [-0.3, -0.25) is 9.59 Å². The van der Waals surface area contributed by atoms with Crippen LogP contribution in [0.25, 0.3) is 0 Å². The highest BCUT2D eigenvalue weighted by molar-refractivity contribution is 8.14. The molecule has 1 aliphatic carbocycles. The van der Waals surface area contributed by atoms with E-state index in [2.05, 4.69) is 6.92 Å². The molecule has 4 heteroatoms. The topological polar surface area (TPSA) is 34.1 Å². The second-order valence-corrected chi connectivity index (χ2v) is 9.65. The van der Waals surface area contributed by atoms with Gasteiger partial charge in [0.25, 0.3) is 0 Å². The number of benzene rings is 2. The summed E-state index contributed by atoms with van der Waals surface area (Å²) in [6.07, 6.45) is 4.36. The fourth-order valence-electron chi connectivity index (χ4n) is 3.34. The van der Waals surface area contributed by atoms with Gasteiger partial charge in [-0.1, -0.05) is 48.5 Å². The summed E-state index contributed by atoms with van der Waals surface area (Å²) in [7, 11) is 0. The summed E-state index contributed by atoms with van der Waals surface area (Å²) in [5.74, 6) is 0.950. The third kappa shape index (κ3) is 5.49. The van der Waals surface area contributed by atoms with Crippen molar-refractivity contribution in [1.82, 2.24) is 0 Å². The average molecular weight is 399 g/mol. The van der Waals surface area contributed by atoms with Gasteiger partial charge >= 0.3 is 0 Å². The molecule has 0 N–H and O–H groups in total. The number of hydrogen-bond acceptors (Lipinski definition) is 4. The van der Waals surface area contributed by atoms with Crippen LogP contribution in [0, 0.1) is 25.7 Å². The third-order valence-corrected chi connectivity index (χ3v) is 7.33. The van der Waals surface area contributed by atoms with Crippen LogP contribution in [0.5, 0.6) is 0 Å². The van der Waals surface area contributed by atoms with Crippen molar-refractivity contribution < 1.29 is 9.59 Å². The van der Waals surface area contributed by atoms with Gasteiger partial charge in [-0.25, -0.2) is 0 Å². The standard InChI is InChI=1S/C23H26O2S2/c1-15-4-8-18(9-5-15)22(24)26-20-12-13-21(17(3)14-20)27-23(25)19-10-6-16(2)7-11-19/h4-5,8-9,12-14,16,19H,6-7,10-11H2,1-3H3. The predicted octanol–water partition coefficient (Wildman–Crippen LogP) is 6.68. The molecule has 142 valence electrons. The molecule has 0 amide bonds. The van der Waals surface area contributed by atoms with Gasteiger partial charge in [0.05, 0.1) is 0 Å².